The zero-order valence-electron chi connectivity index (χ0n) is 6.40. The Morgan fingerprint density at radius 1 is 1.33 bits per heavy atom. The fraction of sp³-hybridized carbons (Fsp3) is 0.111. The first kappa shape index (κ1) is 8.59. The summed E-state index contributed by atoms with van der Waals surface area (Å²) in [6.45, 7) is 0.416. The Hall–Kier alpha value is -1.51. The van der Waals surface area contributed by atoms with E-state index < -0.39 is 0 Å². The number of aldehydes is 1. The molecule has 0 saturated heterocycles. The van der Waals surface area contributed by atoms with E-state index in [1.165, 1.54) is 18.3 Å². The van der Waals surface area contributed by atoms with E-state index in [9.17, 15) is 9.18 Å². The van der Waals surface area contributed by atoms with Crippen LogP contribution in [0.5, 0.6) is 0 Å². The Bertz CT molecular complexity index is 279. The number of carbonyl (C=O) groups is 1. The van der Waals surface area contributed by atoms with Crippen LogP contribution in [-0.4, -0.2) is 12.5 Å². The van der Waals surface area contributed by atoms with E-state index in [0.717, 1.165) is 5.56 Å². The van der Waals surface area contributed by atoms with Crippen molar-refractivity contribution in [2.75, 3.05) is 0 Å². The van der Waals surface area contributed by atoms with E-state index in [2.05, 4.69) is 4.99 Å². The van der Waals surface area contributed by atoms with E-state index >= 15 is 0 Å². The topological polar surface area (TPSA) is 29.4 Å². The van der Waals surface area contributed by atoms with Crippen molar-refractivity contribution in [2.24, 2.45) is 4.99 Å². The van der Waals surface area contributed by atoms with Crippen molar-refractivity contribution in [3.63, 3.8) is 0 Å². The molecule has 0 aliphatic heterocycles. The van der Waals surface area contributed by atoms with E-state index in [1.807, 2.05) is 0 Å². The fourth-order valence-corrected chi connectivity index (χ4v) is 0.791. The first-order chi connectivity index (χ1) is 5.83. The largest absolute Gasteiger partial charge is 0.297 e. The number of halogens is 1. The molecule has 62 valence electrons. The van der Waals surface area contributed by atoms with E-state index in [-0.39, 0.29) is 5.82 Å². The summed E-state index contributed by atoms with van der Waals surface area (Å²) < 4.78 is 12.4. The molecule has 1 aromatic carbocycles. The third kappa shape index (κ3) is 2.62. The lowest BCUT2D eigenvalue weighted by atomic mass is 10.2. The van der Waals surface area contributed by atoms with Crippen LogP contribution in [0.25, 0.3) is 0 Å². The second kappa shape index (κ2) is 4.38. The Morgan fingerprint density at radius 2 is 2.00 bits per heavy atom. The summed E-state index contributed by atoms with van der Waals surface area (Å²) in [6.07, 6.45) is 1.80. The fourth-order valence-electron chi connectivity index (χ4n) is 0.791. The third-order valence-corrected chi connectivity index (χ3v) is 1.35. The van der Waals surface area contributed by atoms with Gasteiger partial charge in [-0.3, -0.25) is 9.79 Å². The van der Waals surface area contributed by atoms with Crippen molar-refractivity contribution in [3.05, 3.63) is 35.6 Å². The Labute approximate surface area is 69.7 Å². The van der Waals surface area contributed by atoms with Crippen LogP contribution in [-0.2, 0) is 11.3 Å². The van der Waals surface area contributed by atoms with E-state index in [4.69, 9.17) is 0 Å². The van der Waals surface area contributed by atoms with Gasteiger partial charge in [0, 0.05) is 0 Å². The molecule has 0 bridgehead atoms. The van der Waals surface area contributed by atoms with E-state index in [0.29, 0.717) is 12.8 Å². The molecule has 12 heavy (non-hydrogen) atoms. The van der Waals surface area contributed by atoms with Gasteiger partial charge in [-0.05, 0) is 17.7 Å². The van der Waals surface area contributed by atoms with Crippen molar-refractivity contribution in [1.29, 1.82) is 0 Å². The predicted molar refractivity (Wildman–Crippen MR) is 44.7 cm³/mol. The number of hydrogen-bond acceptors (Lipinski definition) is 2. The van der Waals surface area contributed by atoms with Crippen molar-refractivity contribution < 1.29 is 9.18 Å². The number of nitrogens with zero attached hydrogens (tertiary/aromatic N) is 1. The first-order valence-corrected chi connectivity index (χ1v) is 3.51. The molecule has 0 spiro atoms. The highest BCUT2D eigenvalue weighted by Gasteiger charge is 1.90. The summed E-state index contributed by atoms with van der Waals surface area (Å²) in [7, 11) is 0. The predicted octanol–water partition coefficient (Wildman–Crippen LogP) is 1.60. The smallest absolute Gasteiger partial charge is 0.160 e. The summed E-state index contributed by atoms with van der Waals surface area (Å²) in [5, 5.41) is 0. The van der Waals surface area contributed by atoms with Crippen LogP contribution in [0.1, 0.15) is 5.56 Å². The summed E-state index contributed by atoms with van der Waals surface area (Å²) >= 11 is 0. The van der Waals surface area contributed by atoms with Crippen LogP contribution in [0.3, 0.4) is 0 Å². The maximum atomic E-state index is 12.4. The van der Waals surface area contributed by atoms with Crippen molar-refractivity contribution in [3.8, 4) is 0 Å². The van der Waals surface area contributed by atoms with E-state index in [1.54, 1.807) is 12.1 Å². The van der Waals surface area contributed by atoms with Crippen LogP contribution in [0.15, 0.2) is 29.3 Å². The molecule has 0 fully saturated rings. The highest BCUT2D eigenvalue weighted by Crippen LogP contribution is 2.03. The first-order valence-electron chi connectivity index (χ1n) is 3.51. The molecule has 0 saturated carbocycles. The molecule has 0 radical (unpaired) electrons. The molecule has 0 unspecified atom stereocenters. The van der Waals surface area contributed by atoms with Gasteiger partial charge in [0.25, 0.3) is 0 Å². The van der Waals surface area contributed by atoms with Gasteiger partial charge >= 0.3 is 0 Å². The van der Waals surface area contributed by atoms with Crippen LogP contribution in [0, 0.1) is 5.82 Å². The van der Waals surface area contributed by atoms with Crippen molar-refractivity contribution >= 4 is 12.5 Å². The third-order valence-electron chi connectivity index (χ3n) is 1.35. The maximum Gasteiger partial charge on any atom is 0.160 e. The molecule has 0 atom stereocenters. The Kier molecular flexibility index (Phi) is 3.14. The SMILES string of the molecule is O=CC=NCc1ccc(F)cc1. The summed E-state index contributed by atoms with van der Waals surface area (Å²) in [5.74, 6) is -0.266. The lowest BCUT2D eigenvalue weighted by Gasteiger charge is -1.93. The average molecular weight is 165 g/mol. The van der Waals surface area contributed by atoms with Gasteiger partial charge in [-0.1, -0.05) is 12.1 Å². The molecule has 0 aromatic heterocycles. The van der Waals surface area contributed by atoms with Gasteiger partial charge in [-0.25, -0.2) is 4.39 Å². The highest BCUT2D eigenvalue weighted by atomic mass is 19.1. The molecular formula is C9H8FNO. The minimum Gasteiger partial charge on any atom is -0.297 e. The van der Waals surface area contributed by atoms with Crippen LogP contribution in [0.4, 0.5) is 4.39 Å². The quantitative estimate of drug-likeness (QED) is 0.494. The van der Waals surface area contributed by atoms with Gasteiger partial charge in [0.2, 0.25) is 0 Å². The highest BCUT2D eigenvalue weighted by molar-refractivity contribution is 6.12. The molecule has 0 N–H and O–H groups in total. The molecule has 3 heteroatoms. The zero-order valence-corrected chi connectivity index (χ0v) is 6.40. The molecular weight excluding hydrogens is 157 g/mol. The number of hydrogen-bond donors (Lipinski definition) is 0. The van der Waals surface area contributed by atoms with Gasteiger partial charge in [0.15, 0.2) is 6.29 Å². The average Bonchev–Trinajstić information content (AvgIpc) is 2.09. The number of aliphatic imine (C=N–C) groups is 1. The number of carbonyl (C=O) groups excluding carboxylic acids is 1. The molecule has 1 aromatic rings. The molecule has 0 aliphatic rings. The molecule has 2 nitrogen and oxygen atoms in total. The Morgan fingerprint density at radius 3 is 2.58 bits per heavy atom. The zero-order chi connectivity index (χ0) is 8.81. The van der Waals surface area contributed by atoms with Gasteiger partial charge in [-0.2, -0.15) is 0 Å². The van der Waals surface area contributed by atoms with Gasteiger partial charge < -0.3 is 0 Å². The second-order valence-electron chi connectivity index (χ2n) is 2.25. The van der Waals surface area contributed by atoms with Gasteiger partial charge in [0.05, 0.1) is 12.8 Å². The van der Waals surface area contributed by atoms with Crippen molar-refractivity contribution in [2.45, 2.75) is 6.54 Å². The monoisotopic (exact) mass is 165 g/mol. The minimum absolute atomic E-state index is 0.266. The standard InChI is InChI=1S/C9H8FNO/c10-9-3-1-8(2-4-9)7-11-5-6-12/h1-6H,7H2. The maximum absolute atomic E-state index is 12.4. The lowest BCUT2D eigenvalue weighted by molar-refractivity contribution is -0.102. The minimum atomic E-state index is -0.266. The second-order valence-corrected chi connectivity index (χ2v) is 2.25. The van der Waals surface area contributed by atoms with Crippen LogP contribution >= 0.6 is 0 Å². The number of rotatable bonds is 3. The molecule has 0 aliphatic carbocycles. The van der Waals surface area contributed by atoms with Gasteiger partial charge in [0.1, 0.15) is 5.82 Å². The summed E-state index contributed by atoms with van der Waals surface area (Å²) in [5.41, 5.74) is 0.884. The Balaban J connectivity index is 2.58. The summed E-state index contributed by atoms with van der Waals surface area (Å²) in [4.78, 5) is 13.6. The van der Waals surface area contributed by atoms with Gasteiger partial charge in [-0.15, -0.1) is 0 Å². The molecule has 0 heterocycles. The van der Waals surface area contributed by atoms with Crippen LogP contribution < -0.4 is 0 Å². The summed E-state index contributed by atoms with van der Waals surface area (Å²) in [6, 6.07) is 6.01. The normalized spacial score (nSPS) is 10.4. The molecule has 1 rings (SSSR count). The number of benzene rings is 1. The van der Waals surface area contributed by atoms with Crippen molar-refractivity contribution in [1.82, 2.24) is 0 Å². The molecule has 0 amide bonds. The van der Waals surface area contributed by atoms with Crippen LogP contribution in [0.2, 0.25) is 0 Å². The lowest BCUT2D eigenvalue weighted by Crippen LogP contribution is -1.83.